The van der Waals surface area contributed by atoms with Gasteiger partial charge in [0.1, 0.15) is 6.04 Å². The van der Waals surface area contributed by atoms with Crippen molar-refractivity contribution in [2.75, 3.05) is 7.11 Å². The number of carbonyl (C=O) groups excluding carboxylic acids is 1. The maximum atomic E-state index is 11.5. The molecule has 2 fully saturated rings. The number of nitrogens with zero attached hydrogens (tertiary/aromatic N) is 1. The van der Waals surface area contributed by atoms with Crippen LogP contribution in [0.2, 0.25) is 0 Å². The fourth-order valence-corrected chi connectivity index (χ4v) is 3.49. The summed E-state index contributed by atoms with van der Waals surface area (Å²) in [5.74, 6) is 0.639. The van der Waals surface area contributed by atoms with Crippen LogP contribution in [0.4, 0.5) is 0 Å². The van der Waals surface area contributed by atoms with Crippen molar-refractivity contribution in [3.8, 4) is 0 Å². The molecule has 14 heavy (non-hydrogen) atoms. The van der Waals surface area contributed by atoms with E-state index in [1.165, 1.54) is 32.8 Å². The Balaban J connectivity index is 2.06. The molecule has 0 aromatic carbocycles. The summed E-state index contributed by atoms with van der Waals surface area (Å²) < 4.78 is 6.97. The van der Waals surface area contributed by atoms with Crippen LogP contribution in [0.15, 0.2) is 0 Å². The highest BCUT2D eigenvalue weighted by Gasteiger charge is 2.43. The van der Waals surface area contributed by atoms with Crippen LogP contribution in [0, 0.1) is 5.92 Å². The van der Waals surface area contributed by atoms with Crippen LogP contribution in [0.1, 0.15) is 32.1 Å². The summed E-state index contributed by atoms with van der Waals surface area (Å²) in [5.41, 5.74) is 0. The maximum absolute atomic E-state index is 11.5. The molecule has 4 unspecified atom stereocenters. The predicted octanol–water partition coefficient (Wildman–Crippen LogP) is 1.58. The molecule has 4 atom stereocenters. The third-order valence-electron chi connectivity index (χ3n) is 3.61. The molecule has 3 nitrogen and oxygen atoms in total. The topological polar surface area (TPSA) is 29.5 Å². The van der Waals surface area contributed by atoms with Crippen molar-refractivity contribution in [2.45, 2.75) is 44.2 Å². The second-order valence-corrected chi connectivity index (χ2v) is 4.93. The number of fused-ring (bicyclic) bond motifs is 1. The Bertz CT molecular complexity index is 234. The van der Waals surface area contributed by atoms with E-state index in [0.717, 1.165) is 6.42 Å². The lowest BCUT2D eigenvalue weighted by atomic mass is 9.85. The monoisotopic (exact) mass is 215 g/mol. The Hall–Kier alpha value is -0.140. The molecule has 0 spiro atoms. The van der Waals surface area contributed by atoms with E-state index >= 15 is 0 Å². The van der Waals surface area contributed by atoms with E-state index in [0.29, 0.717) is 12.0 Å². The SMILES string of the molecule is COC(=O)C1CC2CCCCC2N1P. The first-order valence-electron chi connectivity index (χ1n) is 5.35. The lowest BCUT2D eigenvalue weighted by Gasteiger charge is -2.29. The maximum Gasteiger partial charge on any atom is 0.323 e. The van der Waals surface area contributed by atoms with Gasteiger partial charge in [0.2, 0.25) is 0 Å². The molecule has 1 saturated carbocycles. The average molecular weight is 215 g/mol. The van der Waals surface area contributed by atoms with Crippen LogP contribution in [0.5, 0.6) is 0 Å². The number of carbonyl (C=O) groups is 1. The minimum absolute atomic E-state index is 0.0156. The van der Waals surface area contributed by atoms with Gasteiger partial charge >= 0.3 is 5.97 Å². The summed E-state index contributed by atoms with van der Waals surface area (Å²) in [4.78, 5) is 11.5. The van der Waals surface area contributed by atoms with Gasteiger partial charge in [-0.25, -0.2) is 0 Å². The van der Waals surface area contributed by atoms with Crippen molar-refractivity contribution >= 4 is 15.4 Å². The van der Waals surface area contributed by atoms with E-state index in [-0.39, 0.29) is 12.0 Å². The molecule has 80 valence electrons. The molecule has 2 rings (SSSR count). The van der Waals surface area contributed by atoms with Crippen LogP contribution in [0.3, 0.4) is 0 Å². The van der Waals surface area contributed by atoms with Gasteiger partial charge in [-0.2, -0.15) is 0 Å². The quantitative estimate of drug-likeness (QED) is 0.491. The molecule has 0 radical (unpaired) electrons. The predicted molar refractivity (Wildman–Crippen MR) is 57.7 cm³/mol. The first kappa shape index (κ1) is 10.4. The van der Waals surface area contributed by atoms with E-state index in [4.69, 9.17) is 4.74 Å². The molecule has 1 aliphatic heterocycles. The fourth-order valence-electron chi connectivity index (χ4n) is 2.85. The number of methoxy groups -OCH3 is 1. The van der Waals surface area contributed by atoms with Crippen LogP contribution < -0.4 is 0 Å². The zero-order valence-corrected chi connectivity index (χ0v) is 9.76. The minimum atomic E-state index is -0.0746. The molecule has 1 aliphatic carbocycles. The summed E-state index contributed by atoms with van der Waals surface area (Å²) >= 11 is 0. The summed E-state index contributed by atoms with van der Waals surface area (Å²) in [5, 5.41) is 0. The molecular weight excluding hydrogens is 197 g/mol. The molecule has 0 N–H and O–H groups in total. The van der Waals surface area contributed by atoms with Gasteiger partial charge in [0.05, 0.1) is 7.11 Å². The Labute approximate surface area is 87.4 Å². The number of ether oxygens (including phenoxy) is 1. The molecule has 0 bridgehead atoms. The zero-order chi connectivity index (χ0) is 10.1. The second-order valence-electron chi connectivity index (χ2n) is 4.33. The molecule has 0 aromatic rings. The van der Waals surface area contributed by atoms with E-state index < -0.39 is 0 Å². The molecule has 0 aromatic heterocycles. The number of esters is 1. The largest absolute Gasteiger partial charge is 0.468 e. The van der Waals surface area contributed by atoms with Crippen molar-refractivity contribution in [1.29, 1.82) is 0 Å². The highest BCUT2D eigenvalue weighted by Crippen LogP contribution is 2.41. The lowest BCUT2D eigenvalue weighted by molar-refractivity contribution is -0.144. The second kappa shape index (κ2) is 4.16. The Kier molecular flexibility index (Phi) is 3.08. The van der Waals surface area contributed by atoms with Gasteiger partial charge in [-0.05, 0) is 25.2 Å². The van der Waals surface area contributed by atoms with Crippen molar-refractivity contribution in [1.82, 2.24) is 4.67 Å². The molecular formula is C10H18NO2P. The van der Waals surface area contributed by atoms with Gasteiger partial charge in [-0.3, -0.25) is 9.46 Å². The lowest BCUT2D eigenvalue weighted by Crippen LogP contribution is -2.35. The van der Waals surface area contributed by atoms with Crippen molar-refractivity contribution in [3.05, 3.63) is 0 Å². The van der Waals surface area contributed by atoms with Crippen LogP contribution in [-0.2, 0) is 9.53 Å². The van der Waals surface area contributed by atoms with Crippen LogP contribution in [0.25, 0.3) is 0 Å². The Morgan fingerprint density at radius 2 is 2.14 bits per heavy atom. The molecule has 4 heteroatoms. The van der Waals surface area contributed by atoms with E-state index in [1.54, 1.807) is 0 Å². The normalized spacial score (nSPS) is 38.0. The van der Waals surface area contributed by atoms with Gasteiger partial charge in [-0.15, -0.1) is 0 Å². The van der Waals surface area contributed by atoms with Crippen LogP contribution >= 0.6 is 9.39 Å². The number of hydrogen-bond donors (Lipinski definition) is 0. The Morgan fingerprint density at radius 1 is 1.43 bits per heavy atom. The summed E-state index contributed by atoms with van der Waals surface area (Å²) in [6.07, 6.45) is 6.14. The van der Waals surface area contributed by atoms with E-state index in [9.17, 15) is 4.79 Å². The van der Waals surface area contributed by atoms with Crippen LogP contribution in [-0.4, -0.2) is 29.8 Å². The van der Waals surface area contributed by atoms with Gasteiger partial charge in [0.25, 0.3) is 0 Å². The summed E-state index contributed by atoms with van der Waals surface area (Å²) in [6, 6.07) is 0.580. The third kappa shape index (κ3) is 1.68. The zero-order valence-electron chi connectivity index (χ0n) is 8.61. The highest BCUT2D eigenvalue weighted by molar-refractivity contribution is 7.13. The standard InChI is InChI=1S/C10H18NO2P/c1-13-10(12)9-6-7-4-2-3-5-8(7)11(9)14/h7-9H,2-6,14H2,1H3. The first-order valence-corrected chi connectivity index (χ1v) is 5.86. The number of rotatable bonds is 1. The third-order valence-corrected chi connectivity index (χ3v) is 4.35. The van der Waals surface area contributed by atoms with E-state index in [1.807, 2.05) is 0 Å². The average Bonchev–Trinajstić information content (AvgIpc) is 2.56. The van der Waals surface area contributed by atoms with Crippen molar-refractivity contribution < 1.29 is 9.53 Å². The molecule has 1 heterocycles. The van der Waals surface area contributed by atoms with Gasteiger partial charge in [-0.1, -0.05) is 22.2 Å². The molecule has 1 saturated heterocycles. The number of hydrogen-bond acceptors (Lipinski definition) is 3. The van der Waals surface area contributed by atoms with E-state index in [2.05, 4.69) is 14.1 Å². The summed E-state index contributed by atoms with van der Waals surface area (Å²) in [7, 11) is 4.19. The smallest absolute Gasteiger partial charge is 0.323 e. The van der Waals surface area contributed by atoms with Gasteiger partial charge in [0, 0.05) is 6.04 Å². The fraction of sp³-hybridized carbons (Fsp3) is 0.900. The van der Waals surface area contributed by atoms with Gasteiger partial charge < -0.3 is 4.74 Å². The molecule has 0 amide bonds. The van der Waals surface area contributed by atoms with Crippen molar-refractivity contribution in [2.24, 2.45) is 5.92 Å². The highest BCUT2D eigenvalue weighted by atomic mass is 31.0. The van der Waals surface area contributed by atoms with Crippen molar-refractivity contribution in [3.63, 3.8) is 0 Å². The first-order chi connectivity index (χ1) is 6.74. The Morgan fingerprint density at radius 3 is 2.79 bits per heavy atom. The minimum Gasteiger partial charge on any atom is -0.468 e. The van der Waals surface area contributed by atoms with Gasteiger partial charge in [0.15, 0.2) is 0 Å². The molecule has 2 aliphatic rings. The summed E-state index contributed by atoms with van der Waals surface area (Å²) in [6.45, 7) is 0.